The molecule has 2 aromatic rings. The van der Waals surface area contributed by atoms with E-state index in [-0.39, 0.29) is 23.6 Å². The minimum atomic E-state index is -0.302. The van der Waals surface area contributed by atoms with Crippen molar-refractivity contribution >= 4 is 24.0 Å². The Balaban J connectivity index is 1.57. The van der Waals surface area contributed by atoms with E-state index in [9.17, 15) is 4.79 Å². The van der Waals surface area contributed by atoms with E-state index in [1.807, 2.05) is 27.7 Å². The van der Waals surface area contributed by atoms with Gasteiger partial charge in [0.25, 0.3) is 5.91 Å². The minimum Gasteiger partial charge on any atom is -0.376 e. The van der Waals surface area contributed by atoms with Crippen LogP contribution in [0.2, 0.25) is 0 Å². The van der Waals surface area contributed by atoms with Crippen molar-refractivity contribution in [1.29, 1.82) is 0 Å². The SMILES string of the molecule is C=NCC1(n2cc(C(NC(=O)c3ccsc3)C3CCCCO3)nn2)CC1. The molecule has 4 rings (SSSR count). The average Bonchev–Trinajstić information content (AvgIpc) is 3.08. The molecule has 1 aliphatic heterocycles. The Morgan fingerprint density at radius 3 is 3.08 bits per heavy atom. The van der Waals surface area contributed by atoms with Crippen molar-refractivity contribution < 1.29 is 9.53 Å². The van der Waals surface area contributed by atoms with E-state index in [4.69, 9.17) is 4.74 Å². The van der Waals surface area contributed by atoms with Gasteiger partial charge in [0.1, 0.15) is 11.7 Å². The Bertz CT molecular complexity index is 762. The van der Waals surface area contributed by atoms with Gasteiger partial charge in [-0.25, -0.2) is 4.68 Å². The number of hydrogen-bond donors (Lipinski definition) is 1. The number of nitrogens with zero attached hydrogens (tertiary/aromatic N) is 4. The molecular weight excluding hydrogens is 350 g/mol. The number of ether oxygens (including phenoxy) is 1. The molecule has 1 aliphatic carbocycles. The fourth-order valence-corrected chi connectivity index (χ4v) is 4.10. The standard InChI is InChI=1S/C18H23N5O2S/c1-19-12-18(6-7-18)23-10-14(21-22-23)16(15-4-2-3-8-25-15)20-17(24)13-5-9-26-11-13/h5,9-11,15-16H,1-4,6-8,12H2,(H,20,24). The number of aliphatic imine (C=N–C) groups is 1. The number of hydrogen-bond acceptors (Lipinski definition) is 6. The van der Waals surface area contributed by atoms with E-state index >= 15 is 0 Å². The Labute approximate surface area is 156 Å². The van der Waals surface area contributed by atoms with Gasteiger partial charge in [-0.1, -0.05) is 5.21 Å². The van der Waals surface area contributed by atoms with Gasteiger partial charge in [0, 0.05) is 12.0 Å². The first-order valence-electron chi connectivity index (χ1n) is 9.02. The van der Waals surface area contributed by atoms with Gasteiger partial charge < -0.3 is 10.1 Å². The maximum atomic E-state index is 12.6. The molecule has 2 atom stereocenters. The van der Waals surface area contributed by atoms with E-state index in [1.54, 1.807) is 0 Å². The number of carbonyl (C=O) groups is 1. The molecule has 7 nitrogen and oxygen atoms in total. The number of amides is 1. The first-order valence-corrected chi connectivity index (χ1v) is 9.96. The third-order valence-electron chi connectivity index (χ3n) is 5.21. The Hall–Kier alpha value is -2.06. The maximum Gasteiger partial charge on any atom is 0.252 e. The lowest BCUT2D eigenvalue weighted by Crippen LogP contribution is -2.39. The normalized spacial score (nSPS) is 22.5. The molecule has 1 amide bonds. The first kappa shape index (κ1) is 17.4. The molecule has 138 valence electrons. The largest absolute Gasteiger partial charge is 0.376 e. The molecule has 2 unspecified atom stereocenters. The van der Waals surface area contributed by atoms with Crippen LogP contribution in [-0.4, -0.2) is 46.9 Å². The van der Waals surface area contributed by atoms with E-state index < -0.39 is 0 Å². The third-order valence-corrected chi connectivity index (χ3v) is 5.89. The highest BCUT2D eigenvalue weighted by molar-refractivity contribution is 7.08. The molecule has 1 N–H and O–H groups in total. The highest BCUT2D eigenvalue weighted by atomic mass is 32.1. The van der Waals surface area contributed by atoms with Crippen LogP contribution in [0.3, 0.4) is 0 Å². The van der Waals surface area contributed by atoms with Crippen LogP contribution in [-0.2, 0) is 10.3 Å². The van der Waals surface area contributed by atoms with Crippen molar-refractivity contribution in [3.05, 3.63) is 34.3 Å². The van der Waals surface area contributed by atoms with Crippen molar-refractivity contribution in [2.75, 3.05) is 13.2 Å². The summed E-state index contributed by atoms with van der Waals surface area (Å²) in [6.07, 6.45) is 6.97. The zero-order valence-corrected chi connectivity index (χ0v) is 15.5. The summed E-state index contributed by atoms with van der Waals surface area (Å²) in [5, 5.41) is 15.6. The van der Waals surface area contributed by atoms with Crippen molar-refractivity contribution in [2.24, 2.45) is 4.99 Å². The first-order chi connectivity index (χ1) is 12.7. The average molecular weight is 373 g/mol. The lowest BCUT2D eigenvalue weighted by molar-refractivity contribution is -0.00830. The molecule has 1 saturated carbocycles. The van der Waals surface area contributed by atoms with Gasteiger partial charge in [0.15, 0.2) is 0 Å². The molecule has 26 heavy (non-hydrogen) atoms. The van der Waals surface area contributed by atoms with Gasteiger partial charge in [0.2, 0.25) is 0 Å². The second-order valence-corrected chi connectivity index (χ2v) is 7.84. The maximum absolute atomic E-state index is 12.6. The van der Waals surface area contributed by atoms with Gasteiger partial charge >= 0.3 is 0 Å². The predicted octanol–water partition coefficient (Wildman–Crippen LogP) is 2.57. The number of carbonyl (C=O) groups excluding carboxylic acids is 1. The Morgan fingerprint density at radius 2 is 2.42 bits per heavy atom. The van der Waals surface area contributed by atoms with Gasteiger partial charge in [-0.2, -0.15) is 11.3 Å². The van der Waals surface area contributed by atoms with Crippen LogP contribution in [0.25, 0.3) is 0 Å². The predicted molar refractivity (Wildman–Crippen MR) is 99.8 cm³/mol. The summed E-state index contributed by atoms with van der Waals surface area (Å²) in [4.78, 5) is 16.7. The lowest BCUT2D eigenvalue weighted by Gasteiger charge is -2.29. The summed E-state index contributed by atoms with van der Waals surface area (Å²) in [7, 11) is 0. The van der Waals surface area contributed by atoms with Gasteiger partial charge in [-0.15, -0.1) is 5.10 Å². The molecule has 0 radical (unpaired) electrons. The summed E-state index contributed by atoms with van der Waals surface area (Å²) in [6.45, 7) is 4.96. The summed E-state index contributed by atoms with van der Waals surface area (Å²) in [5.41, 5.74) is 1.33. The smallest absolute Gasteiger partial charge is 0.252 e. The quantitative estimate of drug-likeness (QED) is 0.756. The Morgan fingerprint density at radius 1 is 1.54 bits per heavy atom. The second kappa shape index (κ2) is 7.28. The van der Waals surface area contributed by atoms with E-state index in [0.29, 0.717) is 18.7 Å². The van der Waals surface area contributed by atoms with E-state index in [0.717, 1.165) is 37.8 Å². The lowest BCUT2D eigenvalue weighted by atomic mass is 9.99. The van der Waals surface area contributed by atoms with Crippen molar-refractivity contribution in [1.82, 2.24) is 20.3 Å². The topological polar surface area (TPSA) is 81.4 Å². The van der Waals surface area contributed by atoms with Crippen LogP contribution in [0.15, 0.2) is 28.0 Å². The van der Waals surface area contributed by atoms with Gasteiger partial charge in [0.05, 0.1) is 29.9 Å². The van der Waals surface area contributed by atoms with Crippen LogP contribution in [0, 0.1) is 0 Å². The highest BCUT2D eigenvalue weighted by Gasteiger charge is 2.46. The van der Waals surface area contributed by atoms with Crippen molar-refractivity contribution in [3.63, 3.8) is 0 Å². The second-order valence-electron chi connectivity index (χ2n) is 7.06. The van der Waals surface area contributed by atoms with Crippen molar-refractivity contribution in [2.45, 2.75) is 49.8 Å². The monoisotopic (exact) mass is 373 g/mol. The Kier molecular flexibility index (Phi) is 4.86. The summed E-state index contributed by atoms with van der Waals surface area (Å²) < 4.78 is 7.85. The molecule has 1 saturated heterocycles. The number of aromatic nitrogens is 3. The molecule has 0 bridgehead atoms. The van der Waals surface area contributed by atoms with Gasteiger partial charge in [-0.3, -0.25) is 9.79 Å². The summed E-state index contributed by atoms with van der Waals surface area (Å²) in [5.74, 6) is -0.103. The summed E-state index contributed by atoms with van der Waals surface area (Å²) in [6, 6.07) is 1.52. The zero-order chi connectivity index (χ0) is 18.0. The third kappa shape index (κ3) is 3.43. The van der Waals surface area contributed by atoms with Crippen LogP contribution in [0.4, 0.5) is 0 Å². The molecule has 2 fully saturated rings. The number of nitrogens with one attached hydrogen (secondary N) is 1. The van der Waals surface area contributed by atoms with E-state index in [2.05, 4.69) is 27.3 Å². The number of rotatable bonds is 7. The fourth-order valence-electron chi connectivity index (χ4n) is 3.47. The molecule has 0 aromatic carbocycles. The molecule has 0 spiro atoms. The van der Waals surface area contributed by atoms with Crippen LogP contribution < -0.4 is 5.32 Å². The van der Waals surface area contributed by atoms with Crippen LogP contribution in [0.5, 0.6) is 0 Å². The van der Waals surface area contributed by atoms with Gasteiger partial charge in [-0.05, 0) is 50.3 Å². The van der Waals surface area contributed by atoms with E-state index in [1.165, 1.54) is 11.3 Å². The fraction of sp³-hybridized carbons (Fsp3) is 0.556. The minimum absolute atomic E-state index is 0.0795. The zero-order valence-electron chi connectivity index (χ0n) is 14.6. The van der Waals surface area contributed by atoms with Crippen molar-refractivity contribution in [3.8, 4) is 0 Å². The highest BCUT2D eigenvalue weighted by Crippen LogP contribution is 2.43. The molecular formula is C18H23N5O2S. The summed E-state index contributed by atoms with van der Waals surface area (Å²) >= 11 is 1.51. The molecule has 2 aliphatic rings. The molecule has 3 heterocycles. The molecule has 2 aromatic heterocycles. The van der Waals surface area contributed by atoms with Crippen LogP contribution in [0.1, 0.15) is 54.2 Å². The van der Waals surface area contributed by atoms with Crippen LogP contribution >= 0.6 is 11.3 Å². The molecule has 8 heteroatoms. The number of thiophene rings is 1.